The average molecular weight is 206 g/mol. The van der Waals surface area contributed by atoms with E-state index in [9.17, 15) is 13.2 Å². The first-order valence-electron chi connectivity index (χ1n) is 3.85. The smallest absolute Gasteiger partial charge is 0.267 e. The highest BCUT2D eigenvalue weighted by atomic mass is 19.3. The topological polar surface area (TPSA) is 29.5 Å². The Morgan fingerprint density at radius 2 is 2.07 bits per heavy atom. The molecule has 0 aromatic heterocycles. The van der Waals surface area contributed by atoms with Gasteiger partial charge in [-0.2, -0.15) is 0 Å². The SMILES string of the molecule is COc1c(CO)cc(F)cc1C(F)F. The lowest BCUT2D eigenvalue weighted by molar-refractivity contribution is 0.145. The number of hydrogen-bond donors (Lipinski definition) is 1. The summed E-state index contributed by atoms with van der Waals surface area (Å²) in [6, 6.07) is 1.66. The van der Waals surface area contributed by atoms with Crippen molar-refractivity contribution in [2.75, 3.05) is 7.11 Å². The maximum absolute atomic E-state index is 12.8. The van der Waals surface area contributed by atoms with Gasteiger partial charge in [0.1, 0.15) is 11.6 Å². The van der Waals surface area contributed by atoms with Gasteiger partial charge in [0.15, 0.2) is 0 Å². The van der Waals surface area contributed by atoms with Crippen LogP contribution in [0.1, 0.15) is 17.6 Å². The van der Waals surface area contributed by atoms with E-state index >= 15 is 0 Å². The fourth-order valence-electron chi connectivity index (χ4n) is 1.20. The van der Waals surface area contributed by atoms with Gasteiger partial charge in [0, 0.05) is 5.56 Å². The van der Waals surface area contributed by atoms with Gasteiger partial charge in [-0.05, 0) is 12.1 Å². The van der Waals surface area contributed by atoms with Crippen LogP contribution in [0.2, 0.25) is 0 Å². The predicted molar refractivity (Wildman–Crippen MR) is 43.8 cm³/mol. The molecule has 1 aromatic rings. The summed E-state index contributed by atoms with van der Waals surface area (Å²) in [6.07, 6.45) is -2.83. The summed E-state index contributed by atoms with van der Waals surface area (Å²) in [5, 5.41) is 8.79. The van der Waals surface area contributed by atoms with Gasteiger partial charge in [-0.3, -0.25) is 0 Å². The quantitative estimate of drug-likeness (QED) is 0.821. The Kier molecular flexibility index (Phi) is 3.35. The first kappa shape index (κ1) is 10.8. The van der Waals surface area contributed by atoms with Gasteiger partial charge in [-0.1, -0.05) is 0 Å². The standard InChI is InChI=1S/C9H9F3O2/c1-14-8-5(4-13)2-6(10)3-7(8)9(11)12/h2-3,9,13H,4H2,1H3. The lowest BCUT2D eigenvalue weighted by atomic mass is 10.1. The molecule has 0 saturated heterocycles. The Morgan fingerprint density at radius 3 is 2.50 bits per heavy atom. The molecule has 0 spiro atoms. The number of methoxy groups -OCH3 is 1. The van der Waals surface area contributed by atoms with Crippen molar-refractivity contribution in [3.63, 3.8) is 0 Å². The van der Waals surface area contributed by atoms with Crippen LogP contribution in [0.25, 0.3) is 0 Å². The number of aliphatic hydroxyl groups excluding tert-OH is 1. The predicted octanol–water partition coefficient (Wildman–Crippen LogP) is 2.26. The Bertz CT molecular complexity index is 326. The highest BCUT2D eigenvalue weighted by Gasteiger charge is 2.18. The summed E-state index contributed by atoms with van der Waals surface area (Å²) in [5.41, 5.74) is -0.528. The molecular weight excluding hydrogens is 197 g/mol. The molecule has 0 atom stereocenters. The Labute approximate surface area is 78.9 Å². The van der Waals surface area contributed by atoms with Crippen LogP contribution in [-0.4, -0.2) is 12.2 Å². The molecule has 0 unspecified atom stereocenters. The molecule has 1 rings (SSSR count). The van der Waals surface area contributed by atoms with Crippen molar-refractivity contribution in [3.8, 4) is 5.75 Å². The maximum atomic E-state index is 12.8. The first-order valence-corrected chi connectivity index (χ1v) is 3.85. The fraction of sp³-hybridized carbons (Fsp3) is 0.333. The van der Waals surface area contributed by atoms with Crippen LogP contribution in [0.3, 0.4) is 0 Å². The molecule has 0 heterocycles. The maximum Gasteiger partial charge on any atom is 0.267 e. The van der Waals surface area contributed by atoms with E-state index in [0.29, 0.717) is 6.07 Å². The second kappa shape index (κ2) is 4.32. The molecule has 1 N–H and O–H groups in total. The van der Waals surface area contributed by atoms with E-state index in [0.717, 1.165) is 6.07 Å². The van der Waals surface area contributed by atoms with Crippen LogP contribution in [0.5, 0.6) is 5.75 Å². The Balaban J connectivity index is 3.31. The van der Waals surface area contributed by atoms with Crippen molar-refractivity contribution < 1.29 is 23.0 Å². The molecule has 0 fully saturated rings. The van der Waals surface area contributed by atoms with Crippen LogP contribution in [0.4, 0.5) is 13.2 Å². The van der Waals surface area contributed by atoms with E-state index in [1.807, 2.05) is 0 Å². The number of halogens is 3. The minimum atomic E-state index is -2.83. The van der Waals surface area contributed by atoms with Crippen LogP contribution < -0.4 is 4.74 Å². The molecule has 78 valence electrons. The van der Waals surface area contributed by atoms with Gasteiger partial charge in [0.2, 0.25) is 0 Å². The molecule has 0 bridgehead atoms. The molecule has 0 amide bonds. The first-order chi connectivity index (χ1) is 6.60. The minimum Gasteiger partial charge on any atom is -0.496 e. The van der Waals surface area contributed by atoms with Crippen molar-refractivity contribution in [1.29, 1.82) is 0 Å². The normalized spacial score (nSPS) is 10.7. The fourth-order valence-corrected chi connectivity index (χ4v) is 1.20. The summed E-state index contributed by atoms with van der Waals surface area (Å²) < 4.78 is 42.2. The number of hydrogen-bond acceptors (Lipinski definition) is 2. The molecule has 0 aliphatic rings. The molecule has 0 aliphatic carbocycles. The lowest BCUT2D eigenvalue weighted by Gasteiger charge is -2.11. The van der Waals surface area contributed by atoms with E-state index in [-0.39, 0.29) is 11.3 Å². The molecule has 1 aromatic carbocycles. The van der Waals surface area contributed by atoms with Gasteiger partial charge < -0.3 is 9.84 Å². The minimum absolute atomic E-state index is 0.0165. The van der Waals surface area contributed by atoms with Crippen LogP contribution in [0, 0.1) is 5.82 Å². The van der Waals surface area contributed by atoms with E-state index < -0.39 is 24.4 Å². The van der Waals surface area contributed by atoms with E-state index in [4.69, 9.17) is 5.11 Å². The van der Waals surface area contributed by atoms with Crippen molar-refractivity contribution >= 4 is 0 Å². The van der Waals surface area contributed by atoms with Gasteiger partial charge in [-0.25, -0.2) is 13.2 Å². The molecular formula is C9H9F3O2. The summed E-state index contributed by atoms with van der Waals surface area (Å²) >= 11 is 0. The van der Waals surface area contributed by atoms with E-state index in [1.165, 1.54) is 7.11 Å². The van der Waals surface area contributed by atoms with Gasteiger partial charge in [0.05, 0.1) is 19.3 Å². The summed E-state index contributed by atoms with van der Waals surface area (Å²) in [4.78, 5) is 0. The zero-order valence-electron chi connectivity index (χ0n) is 7.43. The number of alkyl halides is 2. The molecule has 0 radical (unpaired) electrons. The van der Waals surface area contributed by atoms with Crippen molar-refractivity contribution in [1.82, 2.24) is 0 Å². The number of ether oxygens (including phenoxy) is 1. The van der Waals surface area contributed by atoms with Crippen LogP contribution in [-0.2, 0) is 6.61 Å². The van der Waals surface area contributed by atoms with Gasteiger partial charge in [0.25, 0.3) is 6.43 Å². The number of rotatable bonds is 3. The summed E-state index contributed by atoms with van der Waals surface area (Å²) in [5.74, 6) is -0.978. The highest BCUT2D eigenvalue weighted by Crippen LogP contribution is 2.32. The zero-order valence-corrected chi connectivity index (χ0v) is 7.43. The Hall–Kier alpha value is -1.23. The van der Waals surface area contributed by atoms with Crippen LogP contribution in [0.15, 0.2) is 12.1 Å². The zero-order chi connectivity index (χ0) is 10.7. The van der Waals surface area contributed by atoms with Gasteiger partial charge in [-0.15, -0.1) is 0 Å². The lowest BCUT2D eigenvalue weighted by Crippen LogP contribution is -1.99. The third kappa shape index (κ3) is 1.98. The number of aliphatic hydroxyl groups is 1. The van der Waals surface area contributed by atoms with Crippen molar-refractivity contribution in [2.24, 2.45) is 0 Å². The van der Waals surface area contributed by atoms with E-state index in [1.54, 1.807) is 0 Å². The van der Waals surface area contributed by atoms with E-state index in [2.05, 4.69) is 4.74 Å². The molecule has 14 heavy (non-hydrogen) atoms. The Morgan fingerprint density at radius 1 is 1.43 bits per heavy atom. The molecule has 0 aliphatic heterocycles. The van der Waals surface area contributed by atoms with Gasteiger partial charge >= 0.3 is 0 Å². The summed E-state index contributed by atoms with van der Waals surface area (Å²) in [6.45, 7) is -0.541. The third-order valence-corrected chi connectivity index (χ3v) is 1.77. The molecule has 2 nitrogen and oxygen atoms in total. The van der Waals surface area contributed by atoms with Crippen molar-refractivity contribution in [3.05, 3.63) is 29.1 Å². The molecule has 5 heteroatoms. The second-order valence-electron chi connectivity index (χ2n) is 2.65. The second-order valence-corrected chi connectivity index (χ2v) is 2.65. The number of benzene rings is 1. The third-order valence-electron chi connectivity index (χ3n) is 1.77. The largest absolute Gasteiger partial charge is 0.496 e. The van der Waals surface area contributed by atoms with Crippen molar-refractivity contribution in [2.45, 2.75) is 13.0 Å². The molecule has 0 saturated carbocycles. The summed E-state index contributed by atoms with van der Waals surface area (Å²) in [7, 11) is 1.19. The van der Waals surface area contributed by atoms with Crippen LogP contribution >= 0.6 is 0 Å². The average Bonchev–Trinajstić information content (AvgIpc) is 2.16. The highest BCUT2D eigenvalue weighted by molar-refractivity contribution is 5.42. The monoisotopic (exact) mass is 206 g/mol.